The third kappa shape index (κ3) is 4.08. The molecule has 0 bridgehead atoms. The third-order valence-corrected chi connectivity index (χ3v) is 4.76. The number of hydrogen-bond donors (Lipinski definition) is 0. The molecule has 1 fully saturated rings. The van der Waals surface area contributed by atoms with Crippen molar-refractivity contribution < 1.29 is 0 Å². The van der Waals surface area contributed by atoms with Crippen molar-refractivity contribution in [3.8, 4) is 0 Å². The van der Waals surface area contributed by atoms with E-state index in [1.54, 1.807) is 0 Å². The van der Waals surface area contributed by atoms with Crippen molar-refractivity contribution in [3.63, 3.8) is 0 Å². The summed E-state index contributed by atoms with van der Waals surface area (Å²) in [6, 6.07) is 3.07. The first-order valence-corrected chi connectivity index (χ1v) is 9.26. The van der Waals surface area contributed by atoms with Crippen LogP contribution in [-0.2, 0) is 19.5 Å². The van der Waals surface area contributed by atoms with E-state index in [1.807, 2.05) is 0 Å². The standard InChI is InChI=1S/C16H28BrN3/c1-3-14-12-16(20(4-2)18-14)13-19(11-10-17)15-8-6-5-7-9-15/h12,15H,3-11,13H2,1-2H3. The summed E-state index contributed by atoms with van der Waals surface area (Å²) in [6.07, 6.45) is 7.99. The number of alkyl halides is 1. The fraction of sp³-hybridized carbons (Fsp3) is 0.812. The topological polar surface area (TPSA) is 21.1 Å². The van der Waals surface area contributed by atoms with Gasteiger partial charge in [0.05, 0.1) is 11.4 Å². The number of nitrogens with zero attached hydrogens (tertiary/aromatic N) is 3. The Hall–Kier alpha value is -0.350. The minimum Gasteiger partial charge on any atom is -0.294 e. The van der Waals surface area contributed by atoms with E-state index in [-0.39, 0.29) is 0 Å². The Balaban J connectivity index is 2.08. The SMILES string of the molecule is CCc1cc(CN(CCBr)C2CCCCC2)n(CC)n1. The summed E-state index contributed by atoms with van der Waals surface area (Å²) in [5, 5.41) is 5.74. The minimum absolute atomic E-state index is 0.770. The fourth-order valence-electron chi connectivity index (χ4n) is 3.24. The van der Waals surface area contributed by atoms with E-state index in [2.05, 4.69) is 50.5 Å². The highest BCUT2D eigenvalue weighted by atomic mass is 79.9. The van der Waals surface area contributed by atoms with Crippen molar-refractivity contribution in [3.05, 3.63) is 17.5 Å². The zero-order chi connectivity index (χ0) is 14.4. The molecule has 1 aliphatic rings. The van der Waals surface area contributed by atoms with Crippen LogP contribution >= 0.6 is 15.9 Å². The lowest BCUT2D eigenvalue weighted by molar-refractivity contribution is 0.154. The molecule has 1 aliphatic carbocycles. The number of halogens is 1. The molecule has 3 nitrogen and oxygen atoms in total. The molecule has 0 spiro atoms. The predicted molar refractivity (Wildman–Crippen MR) is 88.4 cm³/mol. The minimum atomic E-state index is 0.770. The smallest absolute Gasteiger partial charge is 0.0625 e. The zero-order valence-electron chi connectivity index (χ0n) is 12.9. The van der Waals surface area contributed by atoms with Crippen molar-refractivity contribution in [2.45, 2.75) is 71.5 Å². The maximum atomic E-state index is 4.68. The summed E-state index contributed by atoms with van der Waals surface area (Å²) in [6.45, 7) is 7.54. The molecule has 4 heteroatoms. The van der Waals surface area contributed by atoms with Crippen LogP contribution in [0.2, 0.25) is 0 Å². The van der Waals surface area contributed by atoms with Crippen LogP contribution in [0.25, 0.3) is 0 Å². The molecule has 1 aromatic rings. The quantitative estimate of drug-likeness (QED) is 0.699. The van der Waals surface area contributed by atoms with Crippen LogP contribution in [-0.4, -0.2) is 32.6 Å². The van der Waals surface area contributed by atoms with Gasteiger partial charge in [-0.2, -0.15) is 5.10 Å². The molecule has 20 heavy (non-hydrogen) atoms. The fourth-order valence-corrected chi connectivity index (χ4v) is 3.70. The second kappa shape index (κ2) is 8.18. The van der Waals surface area contributed by atoms with Gasteiger partial charge in [0.15, 0.2) is 0 Å². The molecule has 0 radical (unpaired) electrons. The number of aryl methyl sites for hydroxylation is 2. The molecule has 0 atom stereocenters. The van der Waals surface area contributed by atoms with Gasteiger partial charge in [0.2, 0.25) is 0 Å². The maximum Gasteiger partial charge on any atom is 0.0625 e. The molecule has 1 heterocycles. The summed E-state index contributed by atoms with van der Waals surface area (Å²) in [7, 11) is 0. The Morgan fingerprint density at radius 1 is 1.30 bits per heavy atom. The van der Waals surface area contributed by atoms with Gasteiger partial charge in [-0.05, 0) is 32.3 Å². The van der Waals surface area contributed by atoms with E-state index in [9.17, 15) is 0 Å². The van der Waals surface area contributed by atoms with Gasteiger partial charge in [0.25, 0.3) is 0 Å². The highest BCUT2D eigenvalue weighted by Crippen LogP contribution is 2.24. The van der Waals surface area contributed by atoms with Crippen LogP contribution in [0.5, 0.6) is 0 Å². The van der Waals surface area contributed by atoms with E-state index >= 15 is 0 Å². The summed E-state index contributed by atoms with van der Waals surface area (Å²) >= 11 is 3.62. The Labute approximate surface area is 131 Å². The Kier molecular flexibility index (Phi) is 6.56. The summed E-state index contributed by atoms with van der Waals surface area (Å²) in [4.78, 5) is 2.66. The highest BCUT2D eigenvalue weighted by molar-refractivity contribution is 9.09. The van der Waals surface area contributed by atoms with Crippen molar-refractivity contribution >= 4 is 15.9 Å². The lowest BCUT2D eigenvalue weighted by Gasteiger charge is -2.34. The van der Waals surface area contributed by atoms with Gasteiger partial charge in [-0.3, -0.25) is 9.58 Å². The molecule has 0 amide bonds. The predicted octanol–water partition coefficient (Wildman–Crippen LogP) is 4.00. The molecular formula is C16H28BrN3. The average Bonchev–Trinajstić information content (AvgIpc) is 2.90. The van der Waals surface area contributed by atoms with Gasteiger partial charge in [-0.15, -0.1) is 0 Å². The summed E-state index contributed by atoms with van der Waals surface area (Å²) in [5.41, 5.74) is 2.61. The Morgan fingerprint density at radius 3 is 2.65 bits per heavy atom. The molecule has 1 aromatic heterocycles. The molecule has 0 unspecified atom stereocenters. The number of aromatic nitrogens is 2. The van der Waals surface area contributed by atoms with E-state index < -0.39 is 0 Å². The van der Waals surface area contributed by atoms with Gasteiger partial charge in [-0.25, -0.2) is 0 Å². The lowest BCUT2D eigenvalue weighted by Crippen LogP contribution is -2.38. The van der Waals surface area contributed by atoms with Crippen LogP contribution in [0.15, 0.2) is 6.07 Å². The highest BCUT2D eigenvalue weighted by Gasteiger charge is 2.22. The van der Waals surface area contributed by atoms with E-state index in [1.165, 1.54) is 43.5 Å². The third-order valence-electron chi connectivity index (χ3n) is 4.40. The molecular weight excluding hydrogens is 314 g/mol. The Morgan fingerprint density at radius 2 is 2.05 bits per heavy atom. The van der Waals surface area contributed by atoms with Gasteiger partial charge in [0, 0.05) is 31.0 Å². The van der Waals surface area contributed by atoms with Crippen LogP contribution < -0.4 is 0 Å². The molecule has 0 aromatic carbocycles. The average molecular weight is 342 g/mol. The number of rotatable bonds is 7. The lowest BCUT2D eigenvalue weighted by atomic mass is 9.94. The second-order valence-corrected chi connectivity index (χ2v) is 6.54. The summed E-state index contributed by atoms with van der Waals surface area (Å²) in [5.74, 6) is 0. The molecule has 0 saturated heterocycles. The molecule has 2 rings (SSSR count). The number of hydrogen-bond acceptors (Lipinski definition) is 2. The van der Waals surface area contributed by atoms with Crippen molar-refractivity contribution in [2.24, 2.45) is 0 Å². The van der Waals surface area contributed by atoms with Crippen molar-refractivity contribution in [1.29, 1.82) is 0 Å². The van der Waals surface area contributed by atoms with Gasteiger partial charge in [0.1, 0.15) is 0 Å². The normalized spacial score (nSPS) is 17.0. The van der Waals surface area contributed by atoms with E-state index in [4.69, 9.17) is 0 Å². The first-order valence-electron chi connectivity index (χ1n) is 8.14. The Bertz CT molecular complexity index is 396. The second-order valence-electron chi connectivity index (χ2n) is 5.75. The van der Waals surface area contributed by atoms with Crippen LogP contribution in [0, 0.1) is 0 Å². The monoisotopic (exact) mass is 341 g/mol. The van der Waals surface area contributed by atoms with Crippen molar-refractivity contribution in [2.75, 3.05) is 11.9 Å². The van der Waals surface area contributed by atoms with Crippen LogP contribution in [0.1, 0.15) is 57.3 Å². The first-order chi connectivity index (χ1) is 9.78. The maximum absolute atomic E-state index is 4.68. The molecule has 0 aliphatic heterocycles. The van der Waals surface area contributed by atoms with Gasteiger partial charge >= 0.3 is 0 Å². The van der Waals surface area contributed by atoms with Crippen LogP contribution in [0.3, 0.4) is 0 Å². The van der Waals surface area contributed by atoms with Crippen molar-refractivity contribution in [1.82, 2.24) is 14.7 Å². The molecule has 1 saturated carbocycles. The van der Waals surface area contributed by atoms with Crippen LogP contribution in [0.4, 0.5) is 0 Å². The summed E-state index contributed by atoms with van der Waals surface area (Å²) < 4.78 is 2.18. The van der Waals surface area contributed by atoms with Gasteiger partial charge in [-0.1, -0.05) is 42.1 Å². The molecule has 0 N–H and O–H groups in total. The van der Waals surface area contributed by atoms with Gasteiger partial charge < -0.3 is 0 Å². The van der Waals surface area contributed by atoms with E-state index in [0.717, 1.165) is 37.4 Å². The zero-order valence-corrected chi connectivity index (χ0v) is 14.5. The first kappa shape index (κ1) is 16.0. The largest absolute Gasteiger partial charge is 0.294 e. The van der Waals surface area contributed by atoms with E-state index in [0.29, 0.717) is 0 Å². The molecule has 114 valence electrons.